The van der Waals surface area contributed by atoms with Gasteiger partial charge in [-0.2, -0.15) is 0 Å². The summed E-state index contributed by atoms with van der Waals surface area (Å²) in [5.41, 5.74) is 0. The zero-order valence-corrected chi connectivity index (χ0v) is 7.07. The van der Waals surface area contributed by atoms with Crippen LogP contribution in [0.3, 0.4) is 0 Å². The van der Waals surface area contributed by atoms with Crippen LogP contribution in [0, 0.1) is 5.82 Å². The molecule has 1 aliphatic heterocycles. The highest BCUT2D eigenvalue weighted by molar-refractivity contribution is 5.11. The molecular weight excluding hydrogens is 173 g/mol. The Kier molecular flexibility index (Phi) is 2.40. The summed E-state index contributed by atoms with van der Waals surface area (Å²) in [7, 11) is 0. The molecule has 1 aromatic heterocycles. The first kappa shape index (κ1) is 8.44. The number of pyridine rings is 1. The molecule has 1 aliphatic rings. The first-order chi connectivity index (χ1) is 6.34. The van der Waals surface area contributed by atoms with Crippen molar-refractivity contribution in [2.75, 3.05) is 13.2 Å². The number of halogens is 1. The van der Waals surface area contributed by atoms with Crippen LogP contribution >= 0.6 is 0 Å². The zero-order chi connectivity index (χ0) is 9.10. The molecule has 0 aliphatic carbocycles. The van der Waals surface area contributed by atoms with Gasteiger partial charge in [-0.3, -0.25) is 0 Å². The third kappa shape index (κ3) is 2.15. The maximum atomic E-state index is 12.7. The molecule has 0 saturated carbocycles. The number of rotatable bonds is 2. The Morgan fingerprint density at radius 2 is 2.54 bits per heavy atom. The second-order valence-corrected chi connectivity index (χ2v) is 2.92. The predicted molar refractivity (Wildman–Crippen MR) is 44.0 cm³/mol. The van der Waals surface area contributed by atoms with Crippen LogP contribution in [0.4, 0.5) is 4.39 Å². The van der Waals surface area contributed by atoms with Crippen molar-refractivity contribution in [1.82, 2.24) is 4.98 Å². The predicted octanol–water partition coefficient (Wildman–Crippen LogP) is 1.39. The van der Waals surface area contributed by atoms with Crippen LogP contribution < -0.4 is 4.74 Å². The summed E-state index contributed by atoms with van der Waals surface area (Å²) in [5, 5.41) is 0. The molecule has 70 valence electrons. The largest absolute Gasteiger partial charge is 0.472 e. The van der Waals surface area contributed by atoms with Crippen LogP contribution in [0.15, 0.2) is 18.3 Å². The maximum absolute atomic E-state index is 12.7. The Morgan fingerprint density at radius 3 is 3.23 bits per heavy atom. The van der Waals surface area contributed by atoms with Gasteiger partial charge in [-0.1, -0.05) is 0 Å². The fraction of sp³-hybridized carbons (Fsp3) is 0.444. The molecule has 0 aromatic carbocycles. The van der Waals surface area contributed by atoms with Crippen LogP contribution in [-0.4, -0.2) is 24.3 Å². The van der Waals surface area contributed by atoms with E-state index in [1.54, 1.807) is 0 Å². The van der Waals surface area contributed by atoms with Crippen LogP contribution in [0.25, 0.3) is 0 Å². The monoisotopic (exact) mass is 183 g/mol. The Balaban J connectivity index is 2.00. The lowest BCUT2D eigenvalue weighted by atomic mass is 10.3. The molecule has 0 amide bonds. The molecule has 1 saturated heterocycles. The summed E-state index contributed by atoms with van der Waals surface area (Å²) in [4.78, 5) is 3.89. The molecule has 1 unspecified atom stereocenters. The average molecular weight is 183 g/mol. The van der Waals surface area contributed by atoms with E-state index in [9.17, 15) is 4.39 Å². The van der Waals surface area contributed by atoms with Crippen molar-refractivity contribution >= 4 is 0 Å². The molecule has 1 fully saturated rings. The van der Waals surface area contributed by atoms with Gasteiger partial charge in [-0.25, -0.2) is 9.37 Å². The van der Waals surface area contributed by atoms with Gasteiger partial charge in [0.15, 0.2) is 0 Å². The number of ether oxygens (including phenoxy) is 2. The molecular formula is C9H10FNO2. The van der Waals surface area contributed by atoms with Gasteiger partial charge in [0.25, 0.3) is 0 Å². The van der Waals surface area contributed by atoms with Gasteiger partial charge < -0.3 is 9.47 Å². The minimum Gasteiger partial charge on any atom is -0.472 e. The van der Waals surface area contributed by atoms with Gasteiger partial charge in [-0.15, -0.1) is 0 Å². The topological polar surface area (TPSA) is 31.4 Å². The fourth-order valence-electron chi connectivity index (χ4n) is 1.23. The number of aromatic nitrogens is 1. The first-order valence-electron chi connectivity index (χ1n) is 4.20. The van der Waals surface area contributed by atoms with Crippen molar-refractivity contribution in [2.24, 2.45) is 0 Å². The summed E-state index contributed by atoms with van der Waals surface area (Å²) >= 11 is 0. The first-order valence-corrected chi connectivity index (χ1v) is 4.20. The van der Waals surface area contributed by atoms with Gasteiger partial charge in [-0.05, 0) is 6.07 Å². The Morgan fingerprint density at radius 1 is 1.62 bits per heavy atom. The molecule has 1 atom stereocenters. The van der Waals surface area contributed by atoms with E-state index in [0.717, 1.165) is 6.42 Å². The minimum absolute atomic E-state index is 0.0225. The Bertz CT molecular complexity index is 287. The Labute approximate surface area is 75.5 Å². The normalized spacial score (nSPS) is 21.8. The third-order valence-electron chi connectivity index (χ3n) is 1.87. The zero-order valence-electron chi connectivity index (χ0n) is 7.07. The molecule has 13 heavy (non-hydrogen) atoms. The van der Waals surface area contributed by atoms with Gasteiger partial charge >= 0.3 is 0 Å². The van der Waals surface area contributed by atoms with E-state index in [2.05, 4.69) is 4.98 Å². The highest BCUT2D eigenvalue weighted by Crippen LogP contribution is 2.14. The lowest BCUT2D eigenvalue weighted by Gasteiger charge is -2.09. The van der Waals surface area contributed by atoms with Crippen molar-refractivity contribution in [1.29, 1.82) is 0 Å². The second-order valence-electron chi connectivity index (χ2n) is 2.92. The Hall–Kier alpha value is -1.16. The van der Waals surface area contributed by atoms with Crippen molar-refractivity contribution in [3.63, 3.8) is 0 Å². The molecule has 0 bridgehead atoms. The summed E-state index contributed by atoms with van der Waals surface area (Å²) in [6, 6.07) is 2.57. The van der Waals surface area contributed by atoms with Crippen molar-refractivity contribution < 1.29 is 13.9 Å². The van der Waals surface area contributed by atoms with E-state index >= 15 is 0 Å². The van der Waals surface area contributed by atoms with Crippen LogP contribution in [0.1, 0.15) is 6.42 Å². The van der Waals surface area contributed by atoms with Crippen LogP contribution in [0.5, 0.6) is 5.88 Å². The van der Waals surface area contributed by atoms with Gasteiger partial charge in [0.05, 0.1) is 13.2 Å². The second kappa shape index (κ2) is 3.70. The number of hydrogen-bond acceptors (Lipinski definition) is 3. The third-order valence-corrected chi connectivity index (χ3v) is 1.87. The molecule has 4 heteroatoms. The van der Waals surface area contributed by atoms with E-state index in [1.165, 1.54) is 18.3 Å². The van der Waals surface area contributed by atoms with Crippen LogP contribution in [0.2, 0.25) is 0 Å². The molecule has 0 N–H and O–H groups in total. The van der Waals surface area contributed by atoms with E-state index < -0.39 is 0 Å². The number of nitrogens with zero attached hydrogens (tertiary/aromatic N) is 1. The number of hydrogen-bond donors (Lipinski definition) is 0. The smallest absolute Gasteiger partial charge is 0.216 e. The molecule has 2 heterocycles. The minimum atomic E-state index is -0.330. The molecule has 1 aromatic rings. The van der Waals surface area contributed by atoms with E-state index in [1.807, 2.05) is 0 Å². The summed E-state index contributed by atoms with van der Waals surface area (Å²) in [6.45, 7) is 1.28. The molecule has 3 nitrogen and oxygen atoms in total. The fourth-order valence-corrected chi connectivity index (χ4v) is 1.23. The van der Waals surface area contributed by atoms with E-state index in [4.69, 9.17) is 9.47 Å². The van der Waals surface area contributed by atoms with E-state index in [-0.39, 0.29) is 11.9 Å². The quantitative estimate of drug-likeness (QED) is 0.694. The van der Waals surface area contributed by atoms with Gasteiger partial charge in [0.1, 0.15) is 11.9 Å². The van der Waals surface area contributed by atoms with Gasteiger partial charge in [0, 0.05) is 18.7 Å². The molecule has 0 spiro atoms. The molecule has 2 rings (SSSR count). The lowest BCUT2D eigenvalue weighted by Crippen LogP contribution is -2.16. The lowest BCUT2D eigenvalue weighted by molar-refractivity contribution is 0.137. The molecule has 0 radical (unpaired) electrons. The van der Waals surface area contributed by atoms with Gasteiger partial charge in [0.2, 0.25) is 5.88 Å². The highest BCUT2D eigenvalue weighted by atomic mass is 19.1. The summed E-state index contributed by atoms with van der Waals surface area (Å²) < 4.78 is 23.2. The average Bonchev–Trinajstić information content (AvgIpc) is 2.57. The van der Waals surface area contributed by atoms with Crippen molar-refractivity contribution in [2.45, 2.75) is 12.5 Å². The summed E-state index contributed by atoms with van der Waals surface area (Å²) in [5.74, 6) is -0.000541. The van der Waals surface area contributed by atoms with Crippen LogP contribution in [-0.2, 0) is 4.74 Å². The van der Waals surface area contributed by atoms with Crippen molar-refractivity contribution in [3.05, 3.63) is 24.1 Å². The maximum Gasteiger partial charge on any atom is 0.216 e. The summed E-state index contributed by atoms with van der Waals surface area (Å²) in [6.07, 6.45) is 2.26. The van der Waals surface area contributed by atoms with Crippen molar-refractivity contribution in [3.8, 4) is 5.88 Å². The SMILES string of the molecule is Fc1ccnc(OC2CCOC2)c1. The standard InChI is InChI=1S/C9H10FNO2/c10-7-1-3-11-9(5-7)13-8-2-4-12-6-8/h1,3,5,8H,2,4,6H2. The van der Waals surface area contributed by atoms with E-state index in [0.29, 0.717) is 19.1 Å². The highest BCUT2D eigenvalue weighted by Gasteiger charge is 2.17.